The molecule has 0 spiro atoms. The van der Waals surface area contributed by atoms with Crippen molar-refractivity contribution in [1.29, 1.82) is 0 Å². The maximum Gasteiger partial charge on any atom is 0.280 e. The number of nitrogens with zero attached hydrogens (tertiary/aromatic N) is 3. The van der Waals surface area contributed by atoms with E-state index >= 15 is 0 Å². The monoisotopic (exact) mass is 353 g/mol. The Morgan fingerprint density at radius 3 is 2.88 bits per heavy atom. The lowest BCUT2D eigenvalue weighted by Gasteiger charge is -2.16. The van der Waals surface area contributed by atoms with Crippen LogP contribution in [0.4, 0.5) is 10.3 Å². The standard InChI is InChI=1S/C15H20FN5O4/c1-4-7-8(16)10(22)14(25-7)21-5-17-9-11(21)18-15(20-13(9)24)19-12(23)6(2)3/h5-8,10,14,22H,4H2,1-3H3,(H2,18,19,20,23,24). The maximum absolute atomic E-state index is 14.1. The number of ether oxygens (including phenoxy) is 1. The molecule has 1 amide bonds. The first-order valence-electron chi connectivity index (χ1n) is 8.08. The third-order valence-corrected chi connectivity index (χ3v) is 4.16. The van der Waals surface area contributed by atoms with Gasteiger partial charge in [0.15, 0.2) is 23.6 Å². The van der Waals surface area contributed by atoms with Gasteiger partial charge in [-0.1, -0.05) is 20.8 Å². The van der Waals surface area contributed by atoms with Crippen LogP contribution in [0.15, 0.2) is 11.1 Å². The number of aromatic nitrogens is 4. The number of fused-ring (bicyclic) bond motifs is 1. The van der Waals surface area contributed by atoms with Crippen molar-refractivity contribution in [3.8, 4) is 0 Å². The molecule has 4 unspecified atom stereocenters. The lowest BCUT2D eigenvalue weighted by Crippen LogP contribution is -2.28. The summed E-state index contributed by atoms with van der Waals surface area (Å²) in [7, 11) is 0. The van der Waals surface area contributed by atoms with Gasteiger partial charge >= 0.3 is 0 Å². The number of rotatable bonds is 4. The van der Waals surface area contributed by atoms with Crippen LogP contribution in [0.5, 0.6) is 0 Å². The summed E-state index contributed by atoms with van der Waals surface area (Å²) in [5.41, 5.74) is -0.455. The molecule has 4 atom stereocenters. The molecule has 10 heteroatoms. The predicted molar refractivity (Wildman–Crippen MR) is 86.7 cm³/mol. The second-order valence-corrected chi connectivity index (χ2v) is 6.29. The highest BCUT2D eigenvalue weighted by atomic mass is 19.1. The van der Waals surface area contributed by atoms with E-state index in [0.29, 0.717) is 6.42 Å². The van der Waals surface area contributed by atoms with Gasteiger partial charge in [-0.3, -0.25) is 24.5 Å². The van der Waals surface area contributed by atoms with Gasteiger partial charge in [0.05, 0.1) is 12.4 Å². The molecule has 2 aromatic rings. The lowest BCUT2D eigenvalue weighted by molar-refractivity contribution is -0.118. The van der Waals surface area contributed by atoms with E-state index < -0.39 is 30.2 Å². The third-order valence-electron chi connectivity index (χ3n) is 4.16. The summed E-state index contributed by atoms with van der Waals surface area (Å²) in [6.07, 6.45) is -3.09. The number of hydrogen-bond donors (Lipinski definition) is 3. The first-order chi connectivity index (χ1) is 11.8. The number of carbonyl (C=O) groups is 1. The van der Waals surface area contributed by atoms with E-state index in [2.05, 4.69) is 20.3 Å². The number of carbonyl (C=O) groups excluding carboxylic acids is 1. The molecular formula is C15H20FN5O4. The topological polar surface area (TPSA) is 122 Å². The van der Waals surface area contributed by atoms with E-state index in [1.165, 1.54) is 10.9 Å². The van der Waals surface area contributed by atoms with Crippen LogP contribution in [-0.4, -0.2) is 48.9 Å². The first-order valence-corrected chi connectivity index (χ1v) is 8.08. The number of amides is 1. The fourth-order valence-corrected chi connectivity index (χ4v) is 2.70. The average molecular weight is 353 g/mol. The zero-order chi connectivity index (χ0) is 18.3. The van der Waals surface area contributed by atoms with Crippen molar-refractivity contribution >= 4 is 23.0 Å². The van der Waals surface area contributed by atoms with Crippen LogP contribution < -0.4 is 10.9 Å². The van der Waals surface area contributed by atoms with Crippen molar-refractivity contribution in [1.82, 2.24) is 19.5 Å². The first kappa shape index (κ1) is 17.5. The smallest absolute Gasteiger partial charge is 0.280 e. The zero-order valence-corrected chi connectivity index (χ0v) is 14.1. The van der Waals surface area contributed by atoms with E-state index in [4.69, 9.17) is 4.74 Å². The molecule has 1 saturated heterocycles. The van der Waals surface area contributed by atoms with E-state index in [9.17, 15) is 19.1 Å². The minimum atomic E-state index is -1.55. The molecule has 1 fully saturated rings. The van der Waals surface area contributed by atoms with Crippen molar-refractivity contribution in [2.75, 3.05) is 5.32 Å². The number of imidazole rings is 1. The molecule has 1 aliphatic heterocycles. The van der Waals surface area contributed by atoms with Crippen LogP contribution in [0, 0.1) is 5.92 Å². The Labute approximate surface area is 142 Å². The van der Waals surface area contributed by atoms with E-state index in [1.54, 1.807) is 20.8 Å². The summed E-state index contributed by atoms with van der Waals surface area (Å²) in [6.45, 7) is 5.15. The largest absolute Gasteiger partial charge is 0.385 e. The number of alkyl halides is 1. The Hall–Kier alpha value is -2.33. The quantitative estimate of drug-likeness (QED) is 0.744. The second kappa shape index (κ2) is 6.52. The summed E-state index contributed by atoms with van der Waals surface area (Å²) in [5, 5.41) is 12.6. The minimum Gasteiger partial charge on any atom is -0.385 e. The summed E-state index contributed by atoms with van der Waals surface area (Å²) >= 11 is 0. The molecule has 136 valence electrons. The van der Waals surface area contributed by atoms with Crippen molar-refractivity contribution in [2.45, 2.75) is 51.8 Å². The van der Waals surface area contributed by atoms with Gasteiger partial charge in [0.2, 0.25) is 11.9 Å². The van der Waals surface area contributed by atoms with Crippen LogP contribution in [0.3, 0.4) is 0 Å². The van der Waals surface area contributed by atoms with Crippen molar-refractivity contribution in [3.63, 3.8) is 0 Å². The highest BCUT2D eigenvalue weighted by Gasteiger charge is 2.44. The fourth-order valence-electron chi connectivity index (χ4n) is 2.70. The zero-order valence-electron chi connectivity index (χ0n) is 14.1. The number of halogens is 1. The van der Waals surface area contributed by atoms with Gasteiger partial charge in [-0.25, -0.2) is 9.37 Å². The summed E-state index contributed by atoms with van der Waals surface area (Å²) in [5.74, 6) is -0.668. The Balaban J connectivity index is 2.01. The Kier molecular flexibility index (Phi) is 4.56. The lowest BCUT2D eigenvalue weighted by atomic mass is 10.1. The molecule has 2 aromatic heterocycles. The summed E-state index contributed by atoms with van der Waals surface area (Å²) in [6, 6.07) is 0. The highest BCUT2D eigenvalue weighted by molar-refractivity contribution is 5.91. The van der Waals surface area contributed by atoms with E-state index in [1.807, 2.05) is 0 Å². The van der Waals surface area contributed by atoms with Gasteiger partial charge in [-0.15, -0.1) is 0 Å². The Bertz CT molecular complexity index is 848. The summed E-state index contributed by atoms with van der Waals surface area (Å²) < 4.78 is 20.9. The maximum atomic E-state index is 14.1. The normalized spacial score (nSPS) is 26.5. The van der Waals surface area contributed by atoms with E-state index in [-0.39, 0.29) is 28.9 Å². The number of aliphatic hydroxyl groups excluding tert-OH is 1. The van der Waals surface area contributed by atoms with Gasteiger partial charge in [0.25, 0.3) is 5.56 Å². The number of nitrogens with one attached hydrogen (secondary N) is 2. The minimum absolute atomic E-state index is 0.00806. The van der Waals surface area contributed by atoms with Crippen LogP contribution in [0.2, 0.25) is 0 Å². The second-order valence-electron chi connectivity index (χ2n) is 6.29. The van der Waals surface area contributed by atoms with E-state index in [0.717, 1.165) is 0 Å². The molecule has 1 aliphatic rings. The average Bonchev–Trinajstić information content (AvgIpc) is 3.10. The molecule has 3 N–H and O–H groups in total. The molecular weight excluding hydrogens is 333 g/mol. The summed E-state index contributed by atoms with van der Waals surface area (Å²) in [4.78, 5) is 34.5. The van der Waals surface area contributed by atoms with Gasteiger partial charge in [-0.05, 0) is 6.42 Å². The van der Waals surface area contributed by atoms with Crippen molar-refractivity contribution in [2.24, 2.45) is 5.92 Å². The molecule has 0 aliphatic carbocycles. The highest BCUT2D eigenvalue weighted by Crippen LogP contribution is 2.34. The molecule has 3 rings (SSSR count). The molecule has 0 aromatic carbocycles. The molecule has 0 radical (unpaired) electrons. The fraction of sp³-hybridized carbons (Fsp3) is 0.600. The van der Waals surface area contributed by atoms with Crippen LogP contribution in [0.25, 0.3) is 11.2 Å². The Morgan fingerprint density at radius 1 is 1.56 bits per heavy atom. The SMILES string of the molecule is CCC1OC(n2cnc3c(=O)[nH]c(NC(=O)C(C)C)nc32)C(O)C1F. The van der Waals surface area contributed by atoms with Crippen LogP contribution >= 0.6 is 0 Å². The number of aliphatic hydroxyl groups is 1. The number of anilines is 1. The van der Waals surface area contributed by atoms with Gasteiger partial charge in [-0.2, -0.15) is 4.98 Å². The number of hydrogen-bond acceptors (Lipinski definition) is 6. The van der Waals surface area contributed by atoms with Crippen molar-refractivity contribution < 1.29 is 19.0 Å². The Morgan fingerprint density at radius 2 is 2.28 bits per heavy atom. The van der Waals surface area contributed by atoms with Crippen molar-refractivity contribution in [3.05, 3.63) is 16.7 Å². The molecule has 9 nitrogen and oxygen atoms in total. The van der Waals surface area contributed by atoms with Gasteiger partial charge in [0, 0.05) is 5.92 Å². The van der Waals surface area contributed by atoms with Crippen LogP contribution in [-0.2, 0) is 9.53 Å². The predicted octanol–water partition coefficient (Wildman–Crippen LogP) is 0.720. The number of aromatic amines is 1. The molecule has 0 saturated carbocycles. The number of H-pyrrole nitrogens is 1. The van der Waals surface area contributed by atoms with Gasteiger partial charge < -0.3 is 9.84 Å². The van der Waals surface area contributed by atoms with Crippen LogP contribution in [0.1, 0.15) is 33.4 Å². The molecule has 0 bridgehead atoms. The third kappa shape index (κ3) is 3.02. The molecule has 25 heavy (non-hydrogen) atoms. The van der Waals surface area contributed by atoms with Gasteiger partial charge in [0.1, 0.15) is 6.10 Å². The molecule has 3 heterocycles.